The fraction of sp³-hybridized carbons (Fsp3) is 0.846. The van der Waals surface area contributed by atoms with Crippen molar-refractivity contribution in [2.75, 3.05) is 18.1 Å². The van der Waals surface area contributed by atoms with Gasteiger partial charge in [0.05, 0.1) is 6.10 Å². The molecule has 19 heavy (non-hydrogen) atoms. The van der Waals surface area contributed by atoms with Gasteiger partial charge in [-0.3, -0.25) is 4.79 Å². The molecular formula is C13H21NO4S. The molecule has 0 aromatic rings. The highest BCUT2D eigenvalue weighted by Crippen LogP contribution is 2.27. The van der Waals surface area contributed by atoms with E-state index in [1.165, 1.54) is 0 Å². The lowest BCUT2D eigenvalue weighted by Gasteiger charge is -2.33. The van der Waals surface area contributed by atoms with Crippen LogP contribution in [0.3, 0.4) is 0 Å². The Kier molecular flexibility index (Phi) is 5.10. The van der Waals surface area contributed by atoms with Crippen LogP contribution in [0.2, 0.25) is 0 Å². The third kappa shape index (κ3) is 3.86. The zero-order valence-electron chi connectivity index (χ0n) is 11.0. The summed E-state index contributed by atoms with van der Waals surface area (Å²) >= 11 is 1.74. The Morgan fingerprint density at radius 3 is 2.68 bits per heavy atom. The lowest BCUT2D eigenvalue weighted by Crippen LogP contribution is -2.56. The summed E-state index contributed by atoms with van der Waals surface area (Å²) in [5.74, 6) is 0.513. The Morgan fingerprint density at radius 1 is 1.37 bits per heavy atom. The molecule has 2 heterocycles. The van der Waals surface area contributed by atoms with Crippen LogP contribution >= 0.6 is 11.8 Å². The van der Waals surface area contributed by atoms with Crippen LogP contribution in [0, 0.1) is 0 Å². The van der Waals surface area contributed by atoms with Gasteiger partial charge in [0.1, 0.15) is 5.54 Å². The smallest absolute Gasteiger partial charge is 0.329 e. The summed E-state index contributed by atoms with van der Waals surface area (Å²) in [7, 11) is 0. The molecule has 1 atom stereocenters. The minimum atomic E-state index is -1.04. The van der Waals surface area contributed by atoms with Crippen molar-refractivity contribution in [2.45, 2.75) is 50.2 Å². The Bertz CT molecular complexity index is 336. The molecule has 0 radical (unpaired) electrons. The average molecular weight is 287 g/mol. The van der Waals surface area contributed by atoms with E-state index in [0.717, 1.165) is 31.0 Å². The van der Waals surface area contributed by atoms with Crippen LogP contribution < -0.4 is 5.32 Å². The minimum Gasteiger partial charge on any atom is -0.480 e. The highest BCUT2D eigenvalue weighted by molar-refractivity contribution is 7.99. The SMILES string of the molecule is O=C(CCC1CCCO1)NC1(C(=O)O)CCSCC1. The van der Waals surface area contributed by atoms with Crippen molar-refractivity contribution in [1.29, 1.82) is 0 Å². The number of nitrogens with one attached hydrogen (secondary N) is 1. The van der Waals surface area contributed by atoms with E-state index in [4.69, 9.17) is 4.74 Å². The van der Waals surface area contributed by atoms with Crippen molar-refractivity contribution in [3.63, 3.8) is 0 Å². The number of carbonyl (C=O) groups excluding carboxylic acids is 1. The summed E-state index contributed by atoms with van der Waals surface area (Å²) in [6, 6.07) is 0. The third-order valence-electron chi connectivity index (χ3n) is 3.85. The van der Waals surface area contributed by atoms with Crippen LogP contribution in [-0.2, 0) is 14.3 Å². The second-order valence-corrected chi connectivity index (χ2v) is 6.45. The number of ether oxygens (including phenoxy) is 1. The molecule has 6 heteroatoms. The van der Waals surface area contributed by atoms with E-state index in [-0.39, 0.29) is 12.0 Å². The van der Waals surface area contributed by atoms with Gasteiger partial charge < -0.3 is 15.2 Å². The first-order chi connectivity index (χ1) is 9.12. The summed E-state index contributed by atoms with van der Waals surface area (Å²) < 4.78 is 5.47. The van der Waals surface area contributed by atoms with Crippen molar-refractivity contribution in [3.05, 3.63) is 0 Å². The topological polar surface area (TPSA) is 75.6 Å². The average Bonchev–Trinajstić information content (AvgIpc) is 2.90. The first kappa shape index (κ1) is 14.7. The summed E-state index contributed by atoms with van der Waals surface area (Å²) in [6.07, 6.45) is 4.31. The van der Waals surface area contributed by atoms with Crippen LogP contribution in [0.5, 0.6) is 0 Å². The Morgan fingerprint density at radius 2 is 2.11 bits per heavy atom. The normalized spacial score (nSPS) is 26.0. The zero-order valence-corrected chi connectivity index (χ0v) is 11.8. The Labute approximate surface area is 117 Å². The Balaban J connectivity index is 1.82. The molecular weight excluding hydrogens is 266 g/mol. The highest BCUT2D eigenvalue weighted by atomic mass is 32.2. The maximum atomic E-state index is 11.9. The largest absolute Gasteiger partial charge is 0.480 e. The molecule has 5 nitrogen and oxygen atoms in total. The molecule has 0 saturated carbocycles. The van der Waals surface area contributed by atoms with Gasteiger partial charge in [-0.25, -0.2) is 4.79 Å². The number of carbonyl (C=O) groups is 2. The molecule has 0 aromatic carbocycles. The van der Waals surface area contributed by atoms with E-state index < -0.39 is 11.5 Å². The fourth-order valence-electron chi connectivity index (χ4n) is 2.61. The predicted octanol–water partition coefficient (Wildman–Crippen LogP) is 1.41. The van der Waals surface area contributed by atoms with E-state index in [2.05, 4.69) is 5.32 Å². The zero-order chi connectivity index (χ0) is 13.7. The molecule has 2 fully saturated rings. The molecule has 0 bridgehead atoms. The van der Waals surface area contributed by atoms with Gasteiger partial charge in [-0.1, -0.05) is 0 Å². The van der Waals surface area contributed by atoms with Crippen LogP contribution in [0.4, 0.5) is 0 Å². The molecule has 108 valence electrons. The van der Waals surface area contributed by atoms with E-state index in [1.807, 2.05) is 0 Å². The first-order valence-corrected chi connectivity index (χ1v) is 8.02. The van der Waals surface area contributed by atoms with Gasteiger partial charge in [0.25, 0.3) is 0 Å². The summed E-state index contributed by atoms with van der Waals surface area (Å²) in [6.45, 7) is 0.780. The third-order valence-corrected chi connectivity index (χ3v) is 4.84. The Hall–Kier alpha value is -0.750. The number of hydrogen-bond acceptors (Lipinski definition) is 4. The number of thioether (sulfide) groups is 1. The van der Waals surface area contributed by atoms with Crippen molar-refractivity contribution < 1.29 is 19.4 Å². The number of hydrogen-bond donors (Lipinski definition) is 2. The monoisotopic (exact) mass is 287 g/mol. The van der Waals surface area contributed by atoms with Crippen LogP contribution in [0.15, 0.2) is 0 Å². The number of carboxylic acid groups (broad SMARTS) is 1. The van der Waals surface area contributed by atoms with Gasteiger partial charge in [0.2, 0.25) is 5.91 Å². The van der Waals surface area contributed by atoms with Gasteiger partial charge in [-0.15, -0.1) is 0 Å². The maximum Gasteiger partial charge on any atom is 0.329 e. The lowest BCUT2D eigenvalue weighted by atomic mass is 9.92. The van der Waals surface area contributed by atoms with Gasteiger partial charge in [-0.2, -0.15) is 11.8 Å². The molecule has 1 amide bonds. The number of rotatable bonds is 5. The molecule has 1 unspecified atom stereocenters. The van der Waals surface area contributed by atoms with Gasteiger partial charge in [0.15, 0.2) is 0 Å². The maximum absolute atomic E-state index is 11.9. The molecule has 0 aliphatic carbocycles. The number of aliphatic carboxylic acids is 1. The lowest BCUT2D eigenvalue weighted by molar-refractivity contribution is -0.148. The molecule has 2 rings (SSSR count). The van der Waals surface area contributed by atoms with Gasteiger partial charge >= 0.3 is 5.97 Å². The van der Waals surface area contributed by atoms with E-state index in [0.29, 0.717) is 25.7 Å². The summed E-state index contributed by atoms with van der Waals surface area (Å²) in [5.41, 5.74) is -1.04. The number of carboxylic acids is 1. The molecule has 2 aliphatic rings. The van der Waals surface area contributed by atoms with Crippen molar-refractivity contribution in [1.82, 2.24) is 5.32 Å². The minimum absolute atomic E-state index is 0.162. The van der Waals surface area contributed by atoms with Crippen molar-refractivity contribution >= 4 is 23.6 Å². The fourth-order valence-corrected chi connectivity index (χ4v) is 3.80. The second-order valence-electron chi connectivity index (χ2n) is 5.22. The summed E-state index contributed by atoms with van der Waals surface area (Å²) in [5, 5.41) is 12.1. The van der Waals surface area contributed by atoms with Gasteiger partial charge in [-0.05, 0) is 43.6 Å². The van der Waals surface area contributed by atoms with Gasteiger partial charge in [0, 0.05) is 13.0 Å². The molecule has 2 N–H and O–H groups in total. The second kappa shape index (κ2) is 6.61. The van der Waals surface area contributed by atoms with E-state index >= 15 is 0 Å². The van der Waals surface area contributed by atoms with Crippen LogP contribution in [-0.4, -0.2) is 46.7 Å². The quantitative estimate of drug-likeness (QED) is 0.799. The predicted molar refractivity (Wildman–Crippen MR) is 73.3 cm³/mol. The molecule has 0 aromatic heterocycles. The van der Waals surface area contributed by atoms with Crippen LogP contribution in [0.25, 0.3) is 0 Å². The standard InChI is InChI=1S/C13H21NO4S/c15-11(4-3-10-2-1-7-18-10)14-13(12(16)17)5-8-19-9-6-13/h10H,1-9H2,(H,14,15)(H,16,17). The first-order valence-electron chi connectivity index (χ1n) is 6.86. The van der Waals surface area contributed by atoms with E-state index in [1.54, 1.807) is 11.8 Å². The van der Waals surface area contributed by atoms with Crippen LogP contribution in [0.1, 0.15) is 38.5 Å². The number of amides is 1. The highest BCUT2D eigenvalue weighted by Gasteiger charge is 2.41. The van der Waals surface area contributed by atoms with Crippen molar-refractivity contribution in [3.8, 4) is 0 Å². The molecule has 0 spiro atoms. The van der Waals surface area contributed by atoms with Crippen molar-refractivity contribution in [2.24, 2.45) is 0 Å². The molecule has 2 saturated heterocycles. The summed E-state index contributed by atoms with van der Waals surface area (Å²) in [4.78, 5) is 23.4. The van der Waals surface area contributed by atoms with E-state index in [9.17, 15) is 14.7 Å². The molecule has 2 aliphatic heterocycles.